The van der Waals surface area contributed by atoms with E-state index in [4.69, 9.17) is 10.00 Å². The van der Waals surface area contributed by atoms with Gasteiger partial charge < -0.3 is 9.64 Å². The number of barbiturate groups is 1. The highest BCUT2D eigenvalue weighted by Crippen LogP contribution is 2.34. The van der Waals surface area contributed by atoms with Crippen molar-refractivity contribution < 1.29 is 23.9 Å². The summed E-state index contributed by atoms with van der Waals surface area (Å²) in [5.41, 5.74) is -0.533. The average molecular weight is 524 g/mol. The maximum Gasteiger partial charge on any atom is 0.328 e. The summed E-state index contributed by atoms with van der Waals surface area (Å²) in [5.74, 6) is -0.550. The van der Waals surface area contributed by atoms with E-state index in [0.717, 1.165) is 0 Å². The molecule has 0 radical (unpaired) electrons. The van der Waals surface area contributed by atoms with E-state index in [2.05, 4.69) is 10.6 Å². The molecule has 2 aliphatic heterocycles. The number of urea groups is 1. The molecule has 10 heteroatoms. The lowest BCUT2D eigenvalue weighted by atomic mass is 9.84. The molecule has 2 fully saturated rings. The zero-order valence-electron chi connectivity index (χ0n) is 20.9. The highest BCUT2D eigenvalue weighted by molar-refractivity contribution is 6.22. The molecule has 5 amide bonds. The van der Waals surface area contributed by atoms with Crippen LogP contribution in [0.25, 0.3) is 0 Å². The first-order chi connectivity index (χ1) is 18.9. The molecule has 0 aliphatic carbocycles. The topological polar surface area (TPSA) is 132 Å². The minimum Gasteiger partial charge on any atom is -0.457 e. The standard InChI is InChI=1S/C29H25N5O5/c30-19-20-7-9-21(10-8-20)25(35)33-15-4-16-34(18-17-33)29(26(36)31-28(38)32-27(29)37)22-11-13-24(14-12-22)39-23-5-2-1-3-6-23/h1-3,5-14H,4,15-18H2,(H2,31,32,36,37,38). The number of ether oxygens (including phenoxy) is 1. The van der Waals surface area contributed by atoms with Crippen molar-refractivity contribution in [2.75, 3.05) is 26.2 Å². The van der Waals surface area contributed by atoms with E-state index in [1.165, 1.54) is 0 Å². The minimum absolute atomic E-state index is 0.203. The summed E-state index contributed by atoms with van der Waals surface area (Å²) in [6.07, 6.45) is 0.494. The van der Waals surface area contributed by atoms with E-state index in [-0.39, 0.29) is 19.0 Å². The summed E-state index contributed by atoms with van der Waals surface area (Å²) in [4.78, 5) is 55.4. The second-order valence-electron chi connectivity index (χ2n) is 9.21. The second kappa shape index (κ2) is 10.8. The van der Waals surface area contributed by atoms with Gasteiger partial charge in [-0.1, -0.05) is 30.3 Å². The molecule has 5 rings (SSSR count). The van der Waals surface area contributed by atoms with Gasteiger partial charge in [0.15, 0.2) is 0 Å². The number of nitrogens with one attached hydrogen (secondary N) is 2. The van der Waals surface area contributed by atoms with Gasteiger partial charge >= 0.3 is 6.03 Å². The number of rotatable bonds is 5. The van der Waals surface area contributed by atoms with Gasteiger partial charge in [-0.2, -0.15) is 5.26 Å². The van der Waals surface area contributed by atoms with Crippen LogP contribution in [0.1, 0.15) is 27.9 Å². The third kappa shape index (κ3) is 4.95. The van der Waals surface area contributed by atoms with Gasteiger partial charge in [-0.3, -0.25) is 29.9 Å². The van der Waals surface area contributed by atoms with E-state index in [9.17, 15) is 19.2 Å². The Morgan fingerprint density at radius 1 is 0.795 bits per heavy atom. The molecule has 0 spiro atoms. The van der Waals surface area contributed by atoms with Crippen molar-refractivity contribution in [1.29, 1.82) is 5.26 Å². The number of carbonyl (C=O) groups excluding carboxylic acids is 4. The van der Waals surface area contributed by atoms with Crippen LogP contribution in [0.15, 0.2) is 78.9 Å². The molecule has 0 bridgehead atoms. The molecule has 0 saturated carbocycles. The Morgan fingerprint density at radius 2 is 1.44 bits per heavy atom. The SMILES string of the molecule is N#Cc1ccc(C(=O)N2CCCN(C3(c4ccc(Oc5ccccc5)cc4)C(=O)NC(=O)NC3=O)CC2)cc1. The molecule has 2 N–H and O–H groups in total. The van der Waals surface area contributed by atoms with Crippen LogP contribution < -0.4 is 15.4 Å². The molecule has 2 saturated heterocycles. The highest BCUT2D eigenvalue weighted by Gasteiger charge is 2.56. The molecule has 196 valence electrons. The maximum atomic E-state index is 13.4. The summed E-state index contributed by atoms with van der Waals surface area (Å²) in [6.45, 7) is 1.20. The third-order valence-corrected chi connectivity index (χ3v) is 6.88. The number of benzene rings is 3. The first-order valence-corrected chi connectivity index (χ1v) is 12.5. The van der Waals surface area contributed by atoms with E-state index in [0.29, 0.717) is 47.7 Å². The van der Waals surface area contributed by atoms with Gasteiger partial charge in [0, 0.05) is 31.7 Å². The lowest BCUT2D eigenvalue weighted by molar-refractivity contribution is -0.148. The molecule has 0 aromatic heterocycles. The predicted octanol–water partition coefficient (Wildman–Crippen LogP) is 2.76. The smallest absolute Gasteiger partial charge is 0.328 e. The average Bonchev–Trinajstić information content (AvgIpc) is 3.21. The quantitative estimate of drug-likeness (QED) is 0.492. The fraction of sp³-hybridized carbons (Fsp3) is 0.207. The first kappa shape index (κ1) is 25.6. The fourth-order valence-electron chi connectivity index (χ4n) is 4.97. The molecule has 10 nitrogen and oxygen atoms in total. The zero-order chi connectivity index (χ0) is 27.4. The van der Waals surface area contributed by atoms with Crippen LogP contribution >= 0.6 is 0 Å². The van der Waals surface area contributed by atoms with Crippen LogP contribution in [0.3, 0.4) is 0 Å². The summed E-state index contributed by atoms with van der Waals surface area (Å²) in [5, 5.41) is 13.5. The van der Waals surface area contributed by atoms with Crippen LogP contribution in [0.2, 0.25) is 0 Å². The molecule has 2 heterocycles. The van der Waals surface area contributed by atoms with E-state index >= 15 is 0 Å². The van der Waals surface area contributed by atoms with Crippen molar-refractivity contribution in [3.05, 3.63) is 95.6 Å². The van der Waals surface area contributed by atoms with Crippen LogP contribution in [-0.2, 0) is 15.1 Å². The van der Waals surface area contributed by atoms with Crippen molar-refractivity contribution in [3.8, 4) is 17.6 Å². The number of carbonyl (C=O) groups is 4. The van der Waals surface area contributed by atoms with Gasteiger partial charge in [0.25, 0.3) is 17.7 Å². The van der Waals surface area contributed by atoms with Crippen molar-refractivity contribution in [2.45, 2.75) is 12.0 Å². The lowest BCUT2D eigenvalue weighted by Crippen LogP contribution is -2.71. The second-order valence-corrected chi connectivity index (χ2v) is 9.21. The molecule has 0 unspecified atom stereocenters. The number of nitriles is 1. The van der Waals surface area contributed by atoms with Crippen molar-refractivity contribution in [1.82, 2.24) is 20.4 Å². The Bertz CT molecular complexity index is 1430. The Morgan fingerprint density at radius 3 is 2.08 bits per heavy atom. The van der Waals surface area contributed by atoms with Crippen LogP contribution in [0, 0.1) is 11.3 Å². The van der Waals surface area contributed by atoms with Gasteiger partial charge in [-0.15, -0.1) is 0 Å². The van der Waals surface area contributed by atoms with E-state index in [1.54, 1.807) is 58.3 Å². The van der Waals surface area contributed by atoms with Crippen molar-refractivity contribution in [3.63, 3.8) is 0 Å². The Kier molecular flexibility index (Phi) is 7.08. The number of amides is 5. The van der Waals surface area contributed by atoms with E-state index in [1.807, 2.05) is 36.4 Å². The largest absolute Gasteiger partial charge is 0.457 e. The fourth-order valence-corrected chi connectivity index (χ4v) is 4.97. The Labute approximate surface area is 224 Å². The van der Waals surface area contributed by atoms with Crippen LogP contribution in [-0.4, -0.2) is 59.7 Å². The number of imide groups is 2. The summed E-state index contributed by atoms with van der Waals surface area (Å²) < 4.78 is 5.86. The third-order valence-electron chi connectivity index (χ3n) is 6.88. The minimum atomic E-state index is -1.81. The van der Waals surface area contributed by atoms with Gasteiger partial charge in [-0.05, 0) is 60.5 Å². The molecular weight excluding hydrogens is 498 g/mol. The summed E-state index contributed by atoms with van der Waals surface area (Å²) in [6, 6.07) is 23.4. The number of nitrogens with zero attached hydrogens (tertiary/aromatic N) is 3. The Hall–Kier alpha value is -5.01. The zero-order valence-corrected chi connectivity index (χ0v) is 20.9. The van der Waals surface area contributed by atoms with Crippen molar-refractivity contribution in [2.24, 2.45) is 0 Å². The first-order valence-electron chi connectivity index (χ1n) is 12.5. The van der Waals surface area contributed by atoms with Gasteiger partial charge in [0.05, 0.1) is 11.6 Å². The van der Waals surface area contributed by atoms with Crippen LogP contribution in [0.4, 0.5) is 4.79 Å². The van der Waals surface area contributed by atoms with Gasteiger partial charge in [0.2, 0.25) is 5.54 Å². The Balaban J connectivity index is 1.41. The monoisotopic (exact) mass is 523 g/mol. The number of para-hydroxylation sites is 1. The normalized spacial score (nSPS) is 17.4. The lowest BCUT2D eigenvalue weighted by Gasteiger charge is -2.42. The van der Waals surface area contributed by atoms with Crippen LogP contribution in [0.5, 0.6) is 11.5 Å². The molecule has 3 aromatic rings. The molecular formula is C29H25N5O5. The summed E-state index contributed by atoms with van der Waals surface area (Å²) >= 11 is 0. The summed E-state index contributed by atoms with van der Waals surface area (Å²) in [7, 11) is 0. The number of hydrogen-bond donors (Lipinski definition) is 2. The predicted molar refractivity (Wildman–Crippen MR) is 140 cm³/mol. The number of hydrogen-bond acceptors (Lipinski definition) is 7. The van der Waals surface area contributed by atoms with Crippen molar-refractivity contribution >= 4 is 23.8 Å². The van der Waals surface area contributed by atoms with E-state index < -0.39 is 23.4 Å². The molecule has 2 aliphatic rings. The maximum absolute atomic E-state index is 13.4. The van der Waals surface area contributed by atoms with Gasteiger partial charge in [0.1, 0.15) is 11.5 Å². The molecule has 0 atom stereocenters. The molecule has 3 aromatic carbocycles. The molecule has 39 heavy (non-hydrogen) atoms. The van der Waals surface area contributed by atoms with Gasteiger partial charge in [-0.25, -0.2) is 4.79 Å². The highest BCUT2D eigenvalue weighted by atomic mass is 16.5.